The molecule has 0 N–H and O–H groups in total. The Morgan fingerprint density at radius 2 is 1.73 bits per heavy atom. The van der Waals surface area contributed by atoms with E-state index in [1.165, 1.54) is 19.0 Å². The summed E-state index contributed by atoms with van der Waals surface area (Å²) in [6, 6.07) is -1.28. The first-order valence-corrected chi connectivity index (χ1v) is 3.62. The van der Waals surface area contributed by atoms with E-state index in [4.69, 9.17) is 0 Å². The van der Waals surface area contributed by atoms with Crippen LogP contribution in [0.4, 0.5) is 13.2 Å². The Bertz CT molecular complexity index is 109. The van der Waals surface area contributed by atoms with Crippen LogP contribution in [0.2, 0.25) is 0 Å². The molecule has 0 heterocycles. The van der Waals surface area contributed by atoms with Crippen molar-refractivity contribution in [1.29, 1.82) is 0 Å². The summed E-state index contributed by atoms with van der Waals surface area (Å²) in [5.41, 5.74) is 0. The van der Waals surface area contributed by atoms with Gasteiger partial charge in [-0.15, -0.1) is 0 Å². The van der Waals surface area contributed by atoms with Gasteiger partial charge in [0.1, 0.15) is 6.04 Å². The lowest BCUT2D eigenvalue weighted by Gasteiger charge is -2.25. The number of hydrogen-bond acceptors (Lipinski definition) is 1. The van der Waals surface area contributed by atoms with E-state index in [9.17, 15) is 13.2 Å². The Kier molecular flexibility index (Phi) is 3.86. The highest BCUT2D eigenvalue weighted by molar-refractivity contribution is 4.73. The van der Waals surface area contributed by atoms with Crippen LogP contribution in [-0.2, 0) is 0 Å². The fourth-order valence-corrected chi connectivity index (χ4v) is 0.988. The van der Waals surface area contributed by atoms with Gasteiger partial charge in [0.05, 0.1) is 0 Å². The van der Waals surface area contributed by atoms with Gasteiger partial charge in [-0.1, -0.05) is 13.3 Å². The van der Waals surface area contributed by atoms with Crippen LogP contribution in [0.5, 0.6) is 0 Å². The Morgan fingerprint density at radius 3 is 1.82 bits per heavy atom. The molecule has 1 unspecified atom stereocenters. The fourth-order valence-electron chi connectivity index (χ4n) is 0.988. The number of rotatable bonds is 3. The second-order valence-electron chi connectivity index (χ2n) is 2.81. The lowest BCUT2D eigenvalue weighted by Crippen LogP contribution is -2.41. The van der Waals surface area contributed by atoms with Gasteiger partial charge in [-0.2, -0.15) is 13.2 Å². The molecule has 0 rings (SSSR count). The molecule has 11 heavy (non-hydrogen) atoms. The zero-order chi connectivity index (χ0) is 9.07. The van der Waals surface area contributed by atoms with Crippen molar-refractivity contribution in [3.63, 3.8) is 0 Å². The summed E-state index contributed by atoms with van der Waals surface area (Å²) in [5, 5.41) is 0. The van der Waals surface area contributed by atoms with Crippen LogP contribution >= 0.6 is 0 Å². The van der Waals surface area contributed by atoms with Gasteiger partial charge in [0, 0.05) is 0 Å². The van der Waals surface area contributed by atoms with E-state index in [0.29, 0.717) is 6.42 Å². The van der Waals surface area contributed by atoms with Gasteiger partial charge in [0.15, 0.2) is 0 Å². The first kappa shape index (κ1) is 10.8. The Morgan fingerprint density at radius 1 is 1.27 bits per heavy atom. The van der Waals surface area contributed by atoms with Crippen molar-refractivity contribution in [1.82, 2.24) is 4.90 Å². The quantitative estimate of drug-likeness (QED) is 0.626. The molecule has 0 aliphatic heterocycles. The second kappa shape index (κ2) is 3.95. The minimum Gasteiger partial charge on any atom is -0.298 e. The van der Waals surface area contributed by atoms with Crippen LogP contribution in [0.25, 0.3) is 0 Å². The summed E-state index contributed by atoms with van der Waals surface area (Å²) < 4.78 is 36.3. The van der Waals surface area contributed by atoms with Gasteiger partial charge in [0.25, 0.3) is 0 Å². The van der Waals surface area contributed by atoms with Gasteiger partial charge in [-0.25, -0.2) is 0 Å². The maximum Gasteiger partial charge on any atom is 0.404 e. The summed E-state index contributed by atoms with van der Waals surface area (Å²) in [6.07, 6.45) is -3.35. The molecule has 0 saturated carbocycles. The van der Waals surface area contributed by atoms with E-state index in [-0.39, 0.29) is 6.42 Å². The molecular weight excluding hydrogens is 155 g/mol. The van der Waals surface area contributed by atoms with E-state index < -0.39 is 12.2 Å². The minimum atomic E-state index is -4.08. The first-order valence-electron chi connectivity index (χ1n) is 3.62. The topological polar surface area (TPSA) is 3.24 Å². The predicted molar refractivity (Wildman–Crippen MR) is 38.4 cm³/mol. The van der Waals surface area contributed by atoms with Gasteiger partial charge in [-0.05, 0) is 20.5 Å². The van der Waals surface area contributed by atoms with Crippen molar-refractivity contribution in [2.45, 2.75) is 32.0 Å². The minimum absolute atomic E-state index is 0.177. The zero-order valence-corrected chi connectivity index (χ0v) is 7.07. The van der Waals surface area contributed by atoms with Crippen LogP contribution in [0.15, 0.2) is 0 Å². The summed E-state index contributed by atoms with van der Waals surface area (Å²) in [7, 11) is 2.90. The van der Waals surface area contributed by atoms with Crippen molar-refractivity contribution >= 4 is 0 Å². The summed E-state index contributed by atoms with van der Waals surface area (Å²) in [6.45, 7) is 1.75. The third-order valence-electron chi connectivity index (χ3n) is 1.56. The van der Waals surface area contributed by atoms with Crippen LogP contribution < -0.4 is 0 Å². The van der Waals surface area contributed by atoms with Gasteiger partial charge < -0.3 is 0 Å². The lowest BCUT2D eigenvalue weighted by atomic mass is 10.1. The van der Waals surface area contributed by atoms with Crippen molar-refractivity contribution in [2.24, 2.45) is 0 Å². The highest BCUT2D eigenvalue weighted by Gasteiger charge is 2.39. The standard InChI is InChI=1S/C7H14F3N/c1-4-5-6(11(2)3)7(8,9)10/h6H,4-5H2,1-3H3. The van der Waals surface area contributed by atoms with Gasteiger partial charge in [-0.3, -0.25) is 4.90 Å². The summed E-state index contributed by atoms with van der Waals surface area (Å²) >= 11 is 0. The normalized spacial score (nSPS) is 15.5. The maximum absolute atomic E-state index is 12.1. The molecular formula is C7H14F3N. The highest BCUT2D eigenvalue weighted by Crippen LogP contribution is 2.26. The van der Waals surface area contributed by atoms with Crippen molar-refractivity contribution in [2.75, 3.05) is 14.1 Å². The van der Waals surface area contributed by atoms with E-state index in [2.05, 4.69) is 0 Å². The molecule has 1 nitrogen and oxygen atoms in total. The molecule has 0 spiro atoms. The van der Waals surface area contributed by atoms with Crippen molar-refractivity contribution in [3.8, 4) is 0 Å². The zero-order valence-electron chi connectivity index (χ0n) is 7.07. The largest absolute Gasteiger partial charge is 0.404 e. The number of hydrogen-bond donors (Lipinski definition) is 0. The van der Waals surface area contributed by atoms with Gasteiger partial charge >= 0.3 is 6.18 Å². The van der Waals surface area contributed by atoms with E-state index in [1.807, 2.05) is 0 Å². The van der Waals surface area contributed by atoms with Crippen LogP contribution in [0.1, 0.15) is 19.8 Å². The van der Waals surface area contributed by atoms with E-state index in [0.717, 1.165) is 0 Å². The third kappa shape index (κ3) is 3.60. The molecule has 0 aliphatic carbocycles. The number of alkyl halides is 3. The molecule has 0 amide bonds. The van der Waals surface area contributed by atoms with Crippen molar-refractivity contribution < 1.29 is 13.2 Å². The van der Waals surface area contributed by atoms with E-state index >= 15 is 0 Å². The number of halogens is 3. The Hall–Kier alpha value is -0.250. The second-order valence-corrected chi connectivity index (χ2v) is 2.81. The molecule has 1 atom stereocenters. The van der Waals surface area contributed by atoms with E-state index in [1.54, 1.807) is 6.92 Å². The van der Waals surface area contributed by atoms with Gasteiger partial charge in [0.2, 0.25) is 0 Å². The average Bonchev–Trinajstić information content (AvgIpc) is 1.79. The molecule has 0 aromatic rings. The Labute approximate surface area is 65.2 Å². The van der Waals surface area contributed by atoms with Crippen molar-refractivity contribution in [3.05, 3.63) is 0 Å². The Balaban J connectivity index is 4.10. The highest BCUT2D eigenvalue weighted by atomic mass is 19.4. The van der Waals surface area contributed by atoms with Crippen LogP contribution in [-0.4, -0.2) is 31.2 Å². The molecule has 0 aromatic carbocycles. The first-order chi connectivity index (χ1) is 4.89. The SMILES string of the molecule is CCCC(N(C)C)C(F)(F)F. The smallest absolute Gasteiger partial charge is 0.298 e. The molecule has 0 aromatic heterocycles. The molecule has 0 saturated heterocycles. The predicted octanol–water partition coefficient (Wildman–Crippen LogP) is 2.28. The molecule has 0 radical (unpaired) electrons. The molecule has 0 bridgehead atoms. The molecule has 0 fully saturated rings. The fraction of sp³-hybridized carbons (Fsp3) is 1.00. The van der Waals surface area contributed by atoms with Crippen LogP contribution in [0, 0.1) is 0 Å². The average molecular weight is 169 g/mol. The number of nitrogens with zero attached hydrogens (tertiary/aromatic N) is 1. The molecule has 4 heteroatoms. The lowest BCUT2D eigenvalue weighted by molar-refractivity contribution is -0.178. The molecule has 0 aliphatic rings. The third-order valence-corrected chi connectivity index (χ3v) is 1.56. The summed E-state index contributed by atoms with van der Waals surface area (Å²) in [5.74, 6) is 0. The van der Waals surface area contributed by atoms with Crippen LogP contribution in [0.3, 0.4) is 0 Å². The maximum atomic E-state index is 12.1. The monoisotopic (exact) mass is 169 g/mol. The summed E-state index contributed by atoms with van der Waals surface area (Å²) in [4.78, 5) is 1.21. The molecule has 68 valence electrons.